The molecule has 0 aliphatic carbocycles. The molecule has 2 heterocycles. The first-order chi connectivity index (χ1) is 12.0. The van der Waals surface area contributed by atoms with Crippen molar-refractivity contribution in [1.29, 1.82) is 0 Å². The van der Waals surface area contributed by atoms with Crippen LogP contribution in [0.3, 0.4) is 0 Å². The Labute approximate surface area is 149 Å². The van der Waals surface area contributed by atoms with Gasteiger partial charge in [0.2, 0.25) is 11.8 Å². The zero-order valence-corrected chi connectivity index (χ0v) is 15.3. The molecule has 3 aromatic rings. The van der Waals surface area contributed by atoms with Crippen LogP contribution < -0.4 is 5.32 Å². The summed E-state index contributed by atoms with van der Waals surface area (Å²) in [5.41, 5.74) is 3.29. The number of amides is 1. The van der Waals surface area contributed by atoms with Crippen molar-refractivity contribution in [3.63, 3.8) is 0 Å². The SMILES string of the molecule is Cc1nn(C)c(C)c1NC(=O)[C@@H](C)Sc1nnc(-c2ccccc2)o1. The van der Waals surface area contributed by atoms with E-state index in [4.69, 9.17) is 4.42 Å². The van der Waals surface area contributed by atoms with E-state index in [1.54, 1.807) is 11.6 Å². The third kappa shape index (κ3) is 3.74. The van der Waals surface area contributed by atoms with Crippen LogP contribution in [0.4, 0.5) is 5.69 Å². The van der Waals surface area contributed by atoms with Gasteiger partial charge in [0.1, 0.15) is 0 Å². The summed E-state index contributed by atoms with van der Waals surface area (Å²) >= 11 is 1.23. The quantitative estimate of drug-likeness (QED) is 0.706. The summed E-state index contributed by atoms with van der Waals surface area (Å²) in [6, 6.07) is 9.52. The van der Waals surface area contributed by atoms with Gasteiger partial charge < -0.3 is 9.73 Å². The van der Waals surface area contributed by atoms with Crippen LogP contribution in [0.2, 0.25) is 0 Å². The standard InChI is InChI=1S/C17H19N5O2S/c1-10-14(11(2)22(4)21-10)18-15(23)12(3)25-17-20-19-16(24-17)13-8-6-5-7-9-13/h5-9,12H,1-4H3,(H,18,23)/t12-/m1/s1. The fraction of sp³-hybridized carbons (Fsp3) is 0.294. The summed E-state index contributed by atoms with van der Waals surface area (Å²) < 4.78 is 7.38. The highest BCUT2D eigenvalue weighted by Crippen LogP contribution is 2.27. The Hall–Kier alpha value is -2.61. The van der Waals surface area contributed by atoms with Crippen molar-refractivity contribution in [3.8, 4) is 11.5 Å². The number of carbonyl (C=O) groups excluding carboxylic acids is 1. The maximum Gasteiger partial charge on any atom is 0.277 e. The molecule has 0 bridgehead atoms. The molecule has 1 amide bonds. The second-order valence-electron chi connectivity index (χ2n) is 5.66. The number of nitrogens with zero attached hydrogens (tertiary/aromatic N) is 4. The lowest BCUT2D eigenvalue weighted by atomic mass is 10.2. The van der Waals surface area contributed by atoms with Crippen molar-refractivity contribution in [2.24, 2.45) is 7.05 Å². The molecule has 25 heavy (non-hydrogen) atoms. The molecule has 0 fully saturated rings. The monoisotopic (exact) mass is 357 g/mol. The van der Waals surface area contributed by atoms with Gasteiger partial charge in [-0.15, -0.1) is 10.2 Å². The minimum Gasteiger partial charge on any atom is -0.411 e. The van der Waals surface area contributed by atoms with Crippen LogP contribution in [-0.2, 0) is 11.8 Å². The number of rotatable bonds is 5. The number of hydrogen-bond donors (Lipinski definition) is 1. The maximum absolute atomic E-state index is 12.4. The second kappa shape index (κ2) is 7.10. The maximum atomic E-state index is 12.4. The summed E-state index contributed by atoms with van der Waals surface area (Å²) in [6.45, 7) is 5.58. The molecule has 130 valence electrons. The van der Waals surface area contributed by atoms with E-state index in [0.717, 1.165) is 22.6 Å². The minimum absolute atomic E-state index is 0.135. The first kappa shape index (κ1) is 17.2. The number of hydrogen-bond acceptors (Lipinski definition) is 6. The van der Waals surface area contributed by atoms with Crippen molar-refractivity contribution >= 4 is 23.4 Å². The Morgan fingerprint density at radius 3 is 2.60 bits per heavy atom. The van der Waals surface area contributed by atoms with Gasteiger partial charge in [0, 0.05) is 12.6 Å². The second-order valence-corrected chi connectivity index (χ2v) is 6.95. The molecule has 0 aliphatic heterocycles. The molecule has 0 saturated carbocycles. The van der Waals surface area contributed by atoms with Crippen molar-refractivity contribution in [2.75, 3.05) is 5.32 Å². The van der Waals surface area contributed by atoms with E-state index in [1.807, 2.05) is 51.2 Å². The molecule has 8 heteroatoms. The van der Waals surface area contributed by atoms with E-state index in [1.165, 1.54) is 11.8 Å². The van der Waals surface area contributed by atoms with Gasteiger partial charge in [-0.25, -0.2) is 0 Å². The van der Waals surface area contributed by atoms with Crippen molar-refractivity contribution in [1.82, 2.24) is 20.0 Å². The van der Waals surface area contributed by atoms with Gasteiger partial charge >= 0.3 is 0 Å². The Morgan fingerprint density at radius 2 is 1.96 bits per heavy atom. The van der Waals surface area contributed by atoms with Crippen LogP contribution in [0.5, 0.6) is 0 Å². The number of benzene rings is 1. The van der Waals surface area contributed by atoms with Gasteiger partial charge in [0.15, 0.2) is 0 Å². The molecule has 0 aliphatic rings. The normalized spacial score (nSPS) is 12.2. The summed E-state index contributed by atoms with van der Waals surface area (Å²) in [5, 5.41) is 15.2. The van der Waals surface area contributed by atoms with Crippen LogP contribution in [0.15, 0.2) is 40.0 Å². The van der Waals surface area contributed by atoms with Gasteiger partial charge in [-0.3, -0.25) is 9.48 Å². The molecule has 0 spiro atoms. The molecule has 2 aromatic heterocycles. The van der Waals surface area contributed by atoms with E-state index in [-0.39, 0.29) is 11.2 Å². The first-order valence-corrected chi connectivity index (χ1v) is 8.70. The molecular weight excluding hydrogens is 338 g/mol. The van der Waals surface area contributed by atoms with Crippen LogP contribution in [-0.4, -0.2) is 31.1 Å². The minimum atomic E-state index is -0.386. The lowest BCUT2D eigenvalue weighted by Crippen LogP contribution is -2.23. The number of aromatic nitrogens is 4. The molecule has 0 unspecified atom stereocenters. The number of nitrogens with one attached hydrogen (secondary N) is 1. The van der Waals surface area contributed by atoms with E-state index in [9.17, 15) is 4.79 Å². The average Bonchev–Trinajstić information content (AvgIpc) is 3.16. The molecule has 1 aromatic carbocycles. The van der Waals surface area contributed by atoms with Gasteiger partial charge in [0.25, 0.3) is 5.22 Å². The topological polar surface area (TPSA) is 85.8 Å². The molecule has 3 rings (SSSR count). The summed E-state index contributed by atoms with van der Waals surface area (Å²) in [7, 11) is 1.85. The van der Waals surface area contributed by atoms with E-state index >= 15 is 0 Å². The molecular formula is C17H19N5O2S. The van der Waals surface area contributed by atoms with Crippen molar-refractivity contribution in [2.45, 2.75) is 31.2 Å². The predicted molar refractivity (Wildman–Crippen MR) is 96.4 cm³/mol. The molecule has 1 atom stereocenters. The number of carbonyl (C=O) groups is 1. The Morgan fingerprint density at radius 1 is 1.24 bits per heavy atom. The van der Waals surface area contributed by atoms with Gasteiger partial charge in [-0.1, -0.05) is 30.0 Å². The zero-order chi connectivity index (χ0) is 18.0. The lowest BCUT2D eigenvalue weighted by Gasteiger charge is -2.10. The molecule has 7 nitrogen and oxygen atoms in total. The summed E-state index contributed by atoms with van der Waals surface area (Å²) in [5.74, 6) is 0.304. The highest BCUT2D eigenvalue weighted by Gasteiger charge is 2.21. The zero-order valence-electron chi connectivity index (χ0n) is 14.5. The number of aryl methyl sites for hydroxylation is 2. The fourth-order valence-corrected chi connectivity index (χ4v) is 3.02. The Kier molecular flexibility index (Phi) is 4.89. The average molecular weight is 357 g/mol. The Balaban J connectivity index is 1.67. The van der Waals surface area contributed by atoms with Gasteiger partial charge in [0.05, 0.1) is 22.3 Å². The smallest absolute Gasteiger partial charge is 0.277 e. The van der Waals surface area contributed by atoms with Crippen LogP contribution in [0.25, 0.3) is 11.5 Å². The summed E-state index contributed by atoms with van der Waals surface area (Å²) in [4.78, 5) is 12.4. The third-order valence-electron chi connectivity index (χ3n) is 3.83. The van der Waals surface area contributed by atoms with E-state index < -0.39 is 0 Å². The lowest BCUT2D eigenvalue weighted by molar-refractivity contribution is -0.115. The molecule has 1 N–H and O–H groups in total. The predicted octanol–water partition coefficient (Wildman–Crippen LogP) is 3.21. The van der Waals surface area contributed by atoms with E-state index in [2.05, 4.69) is 20.6 Å². The fourth-order valence-electron chi connectivity index (χ4n) is 2.34. The van der Waals surface area contributed by atoms with Crippen LogP contribution in [0.1, 0.15) is 18.3 Å². The summed E-state index contributed by atoms with van der Waals surface area (Å²) in [6.07, 6.45) is 0. The first-order valence-electron chi connectivity index (χ1n) is 7.82. The molecule has 0 radical (unpaired) electrons. The highest BCUT2D eigenvalue weighted by molar-refractivity contribution is 8.00. The largest absolute Gasteiger partial charge is 0.411 e. The van der Waals surface area contributed by atoms with Crippen molar-refractivity contribution in [3.05, 3.63) is 41.7 Å². The highest BCUT2D eigenvalue weighted by atomic mass is 32.2. The van der Waals surface area contributed by atoms with Crippen LogP contribution >= 0.6 is 11.8 Å². The van der Waals surface area contributed by atoms with E-state index in [0.29, 0.717) is 11.1 Å². The Bertz CT molecular complexity index is 888. The van der Waals surface area contributed by atoms with Crippen molar-refractivity contribution < 1.29 is 9.21 Å². The number of anilines is 1. The molecule has 0 saturated heterocycles. The number of thioether (sulfide) groups is 1. The van der Waals surface area contributed by atoms with Crippen LogP contribution in [0, 0.1) is 13.8 Å². The van der Waals surface area contributed by atoms with Gasteiger partial charge in [-0.05, 0) is 32.9 Å². The third-order valence-corrected chi connectivity index (χ3v) is 4.77. The van der Waals surface area contributed by atoms with Gasteiger partial charge in [-0.2, -0.15) is 5.10 Å².